The van der Waals surface area contributed by atoms with E-state index in [9.17, 15) is 4.79 Å². The lowest BCUT2D eigenvalue weighted by atomic mass is 10.1. The van der Waals surface area contributed by atoms with E-state index in [-0.39, 0.29) is 5.91 Å². The van der Waals surface area contributed by atoms with Crippen LogP contribution in [0.3, 0.4) is 0 Å². The quantitative estimate of drug-likeness (QED) is 0.732. The van der Waals surface area contributed by atoms with Gasteiger partial charge in [0, 0.05) is 15.8 Å². The average molecular weight is 342 g/mol. The van der Waals surface area contributed by atoms with Crippen LogP contribution in [-0.2, 0) is 13.0 Å². The number of thiophene rings is 1. The Kier molecular flexibility index (Phi) is 4.88. The van der Waals surface area contributed by atoms with Crippen molar-refractivity contribution < 1.29 is 4.79 Å². The summed E-state index contributed by atoms with van der Waals surface area (Å²) in [5.74, 6) is -0.0351. The van der Waals surface area contributed by atoms with Crippen molar-refractivity contribution in [3.05, 3.63) is 62.8 Å². The summed E-state index contributed by atoms with van der Waals surface area (Å²) >= 11 is 3.32. The molecular weight excluding hydrogens is 324 g/mol. The molecule has 0 atom stereocenters. The van der Waals surface area contributed by atoms with E-state index in [0.29, 0.717) is 12.1 Å². The van der Waals surface area contributed by atoms with Crippen LogP contribution in [0.15, 0.2) is 41.8 Å². The lowest BCUT2D eigenvalue weighted by Gasteiger charge is -2.04. The molecule has 23 heavy (non-hydrogen) atoms. The van der Waals surface area contributed by atoms with Gasteiger partial charge in [0.25, 0.3) is 5.91 Å². The molecule has 3 nitrogen and oxygen atoms in total. The molecule has 0 radical (unpaired) electrons. The molecule has 0 spiro atoms. The summed E-state index contributed by atoms with van der Waals surface area (Å²) in [6, 6.07) is 11.9. The molecule has 1 amide bonds. The number of hydrogen-bond acceptors (Lipinski definition) is 4. The topological polar surface area (TPSA) is 42.0 Å². The van der Waals surface area contributed by atoms with Gasteiger partial charge in [0.15, 0.2) is 0 Å². The second-order valence-electron chi connectivity index (χ2n) is 5.25. The molecule has 0 aliphatic rings. The van der Waals surface area contributed by atoms with Crippen LogP contribution >= 0.6 is 22.7 Å². The number of aryl methyl sites for hydroxylation is 2. The van der Waals surface area contributed by atoms with Crippen LogP contribution in [0.4, 0.5) is 0 Å². The number of nitrogens with one attached hydrogen (secondary N) is 1. The zero-order valence-corrected chi connectivity index (χ0v) is 14.8. The summed E-state index contributed by atoms with van der Waals surface area (Å²) in [5.41, 5.74) is 2.96. The van der Waals surface area contributed by atoms with E-state index in [1.807, 2.05) is 31.2 Å². The lowest BCUT2D eigenvalue weighted by molar-refractivity contribution is 0.0951. The van der Waals surface area contributed by atoms with Crippen molar-refractivity contribution in [1.29, 1.82) is 0 Å². The van der Waals surface area contributed by atoms with Gasteiger partial charge in [0.1, 0.15) is 0 Å². The Labute approximate surface area is 144 Å². The van der Waals surface area contributed by atoms with Crippen LogP contribution in [0, 0.1) is 6.92 Å². The van der Waals surface area contributed by atoms with Crippen molar-refractivity contribution in [3.63, 3.8) is 0 Å². The second kappa shape index (κ2) is 7.06. The molecule has 0 saturated carbocycles. The largest absolute Gasteiger partial charge is 0.347 e. The number of hydrogen-bond donors (Lipinski definition) is 1. The number of aromatic nitrogens is 1. The molecule has 1 N–H and O–H groups in total. The third kappa shape index (κ3) is 3.86. The van der Waals surface area contributed by atoms with Crippen LogP contribution in [-0.4, -0.2) is 10.9 Å². The van der Waals surface area contributed by atoms with Crippen molar-refractivity contribution in [2.45, 2.75) is 26.8 Å². The molecule has 1 aromatic carbocycles. The Morgan fingerprint density at radius 3 is 2.61 bits per heavy atom. The predicted octanol–water partition coefficient (Wildman–Crippen LogP) is 4.67. The Balaban J connectivity index is 1.61. The first-order valence-corrected chi connectivity index (χ1v) is 9.23. The van der Waals surface area contributed by atoms with Gasteiger partial charge in [0.05, 0.1) is 22.1 Å². The number of carbonyl (C=O) groups is 1. The molecule has 0 saturated heterocycles. The minimum absolute atomic E-state index is 0.0351. The van der Waals surface area contributed by atoms with Gasteiger partial charge in [-0.25, -0.2) is 4.98 Å². The Hall–Kier alpha value is -1.98. The molecular formula is C18H18N2OS2. The highest BCUT2D eigenvalue weighted by Gasteiger charge is 2.08. The van der Waals surface area contributed by atoms with Gasteiger partial charge in [0.2, 0.25) is 0 Å². The first-order valence-electron chi connectivity index (χ1n) is 7.54. The van der Waals surface area contributed by atoms with Crippen LogP contribution in [0.5, 0.6) is 0 Å². The molecule has 118 valence electrons. The first kappa shape index (κ1) is 15.9. The zero-order valence-electron chi connectivity index (χ0n) is 13.1. The summed E-state index contributed by atoms with van der Waals surface area (Å²) in [4.78, 5) is 18.9. The minimum Gasteiger partial charge on any atom is -0.347 e. The number of thiazole rings is 1. The maximum atomic E-state index is 12.2. The summed E-state index contributed by atoms with van der Waals surface area (Å²) in [5, 5.41) is 6.11. The molecule has 0 aliphatic carbocycles. The highest BCUT2D eigenvalue weighted by molar-refractivity contribution is 7.16. The normalized spacial score (nSPS) is 10.7. The summed E-state index contributed by atoms with van der Waals surface area (Å²) in [7, 11) is 0. The molecule has 5 heteroatoms. The molecule has 3 rings (SSSR count). The van der Waals surface area contributed by atoms with E-state index in [1.165, 1.54) is 5.56 Å². The fourth-order valence-corrected chi connectivity index (χ4v) is 3.84. The zero-order chi connectivity index (χ0) is 16.2. The Bertz CT molecular complexity index is 803. The van der Waals surface area contributed by atoms with Crippen molar-refractivity contribution in [1.82, 2.24) is 10.3 Å². The van der Waals surface area contributed by atoms with E-state index in [4.69, 9.17) is 0 Å². The summed E-state index contributed by atoms with van der Waals surface area (Å²) in [6.07, 6.45) is 0.982. The standard InChI is InChI=1S/C18H18N2OS2/c1-3-13-4-6-14(7-5-13)18(21)19-10-15-8-9-17(23-15)16-11-22-12(2)20-16/h4-9,11H,3,10H2,1-2H3,(H,19,21). The van der Waals surface area contributed by atoms with E-state index in [2.05, 4.69) is 34.7 Å². The number of rotatable bonds is 5. The molecule has 0 aliphatic heterocycles. The lowest BCUT2D eigenvalue weighted by Crippen LogP contribution is -2.22. The van der Waals surface area contributed by atoms with Gasteiger partial charge in [-0.3, -0.25) is 4.79 Å². The van der Waals surface area contributed by atoms with Crippen LogP contribution in [0.1, 0.15) is 32.7 Å². The van der Waals surface area contributed by atoms with Gasteiger partial charge in [-0.2, -0.15) is 0 Å². The highest BCUT2D eigenvalue weighted by Crippen LogP contribution is 2.28. The molecule has 0 fully saturated rings. The van der Waals surface area contributed by atoms with Crippen LogP contribution in [0.25, 0.3) is 10.6 Å². The van der Waals surface area contributed by atoms with Crippen LogP contribution < -0.4 is 5.32 Å². The van der Waals surface area contributed by atoms with Gasteiger partial charge < -0.3 is 5.32 Å². The molecule has 0 bridgehead atoms. The maximum Gasteiger partial charge on any atom is 0.251 e. The number of benzene rings is 1. The summed E-state index contributed by atoms with van der Waals surface area (Å²) in [6.45, 7) is 4.65. The highest BCUT2D eigenvalue weighted by atomic mass is 32.1. The van der Waals surface area contributed by atoms with Crippen molar-refractivity contribution >= 4 is 28.6 Å². The first-order chi connectivity index (χ1) is 11.2. The van der Waals surface area contributed by atoms with Crippen LogP contribution in [0.2, 0.25) is 0 Å². The third-order valence-electron chi connectivity index (χ3n) is 3.58. The van der Waals surface area contributed by atoms with Gasteiger partial charge in [-0.05, 0) is 43.2 Å². The fraction of sp³-hybridized carbons (Fsp3) is 0.222. The van der Waals surface area contributed by atoms with Crippen molar-refractivity contribution in [3.8, 4) is 10.6 Å². The maximum absolute atomic E-state index is 12.2. The fourth-order valence-electron chi connectivity index (χ4n) is 2.25. The van der Waals surface area contributed by atoms with Gasteiger partial charge in [-0.15, -0.1) is 22.7 Å². The smallest absolute Gasteiger partial charge is 0.251 e. The Morgan fingerprint density at radius 1 is 1.17 bits per heavy atom. The number of amides is 1. The Morgan fingerprint density at radius 2 is 1.96 bits per heavy atom. The number of nitrogens with zero attached hydrogens (tertiary/aromatic N) is 1. The third-order valence-corrected chi connectivity index (χ3v) is 5.46. The van der Waals surface area contributed by atoms with E-state index in [1.54, 1.807) is 22.7 Å². The average Bonchev–Trinajstić information content (AvgIpc) is 3.21. The SMILES string of the molecule is CCc1ccc(C(=O)NCc2ccc(-c3csc(C)n3)s2)cc1. The molecule has 2 aromatic heterocycles. The predicted molar refractivity (Wildman–Crippen MR) is 97.2 cm³/mol. The molecule has 0 unspecified atom stereocenters. The minimum atomic E-state index is -0.0351. The summed E-state index contributed by atoms with van der Waals surface area (Å²) < 4.78 is 0. The van der Waals surface area contributed by atoms with Crippen molar-refractivity contribution in [2.24, 2.45) is 0 Å². The molecule has 2 heterocycles. The second-order valence-corrected chi connectivity index (χ2v) is 7.48. The van der Waals surface area contributed by atoms with E-state index >= 15 is 0 Å². The van der Waals surface area contributed by atoms with E-state index in [0.717, 1.165) is 26.9 Å². The number of carbonyl (C=O) groups excluding carboxylic acids is 1. The monoisotopic (exact) mass is 342 g/mol. The van der Waals surface area contributed by atoms with Gasteiger partial charge >= 0.3 is 0 Å². The van der Waals surface area contributed by atoms with Crippen molar-refractivity contribution in [2.75, 3.05) is 0 Å². The van der Waals surface area contributed by atoms with Gasteiger partial charge in [-0.1, -0.05) is 19.1 Å². The molecule has 3 aromatic rings. The van der Waals surface area contributed by atoms with E-state index < -0.39 is 0 Å².